The lowest BCUT2D eigenvalue weighted by Crippen LogP contribution is -2.53. The van der Waals surface area contributed by atoms with Crippen LogP contribution in [0.2, 0.25) is 0 Å². The van der Waals surface area contributed by atoms with E-state index in [1.807, 2.05) is 60.7 Å². The van der Waals surface area contributed by atoms with Gasteiger partial charge in [0.1, 0.15) is 59.7 Å². The van der Waals surface area contributed by atoms with Crippen LogP contribution in [0.25, 0.3) is 0 Å². The van der Waals surface area contributed by atoms with Gasteiger partial charge in [0.05, 0.1) is 39.9 Å². The van der Waals surface area contributed by atoms with E-state index in [1.165, 1.54) is 0 Å². The molecule has 5 atom stereocenters. The summed E-state index contributed by atoms with van der Waals surface area (Å²) in [4.78, 5) is 6.48. The van der Waals surface area contributed by atoms with E-state index in [0.29, 0.717) is 19.6 Å². The van der Waals surface area contributed by atoms with Gasteiger partial charge in [0, 0.05) is 0 Å². The molecule has 2 fully saturated rings. The zero-order valence-electron chi connectivity index (χ0n) is 30.9. The van der Waals surface area contributed by atoms with Crippen LogP contribution in [0.1, 0.15) is 62.5 Å². The third kappa shape index (κ3) is 7.22. The lowest BCUT2D eigenvalue weighted by molar-refractivity contribution is -1.04. The van der Waals surface area contributed by atoms with Crippen molar-refractivity contribution in [3.8, 4) is 17.6 Å². The molecule has 6 rings (SSSR count). The zero-order valence-corrected chi connectivity index (χ0v) is 31.9. The number of ether oxygens (including phenoxy) is 5. The Morgan fingerprint density at radius 1 is 0.808 bits per heavy atom. The predicted molar refractivity (Wildman–Crippen MR) is 201 cm³/mol. The number of benzene rings is 4. The first-order valence-corrected chi connectivity index (χ1v) is 18.7. The van der Waals surface area contributed by atoms with Crippen LogP contribution in [0.5, 0.6) is 11.5 Å². The Morgan fingerprint density at radius 2 is 1.35 bits per heavy atom. The van der Waals surface area contributed by atoms with Crippen LogP contribution >= 0.6 is 8.96 Å². The fourth-order valence-electron chi connectivity index (χ4n) is 7.42. The van der Waals surface area contributed by atoms with Gasteiger partial charge in [0.2, 0.25) is 0 Å². The molecule has 0 amide bonds. The molecule has 2 aliphatic rings. The number of methoxy groups -OCH3 is 2. The van der Waals surface area contributed by atoms with Gasteiger partial charge in [0.25, 0.3) is 8.96 Å². The minimum Gasteiger partial charge on any atom is -0.497 e. The van der Waals surface area contributed by atoms with Gasteiger partial charge < -0.3 is 28.2 Å². The van der Waals surface area contributed by atoms with Crippen LogP contribution in [-0.4, -0.2) is 68.3 Å². The summed E-state index contributed by atoms with van der Waals surface area (Å²) in [7, 11) is 3.24. The van der Waals surface area contributed by atoms with Gasteiger partial charge in [-0.1, -0.05) is 84.9 Å². The van der Waals surface area contributed by atoms with Crippen molar-refractivity contribution in [2.24, 2.45) is 0 Å². The maximum absolute atomic E-state index is 9.29. The first-order chi connectivity index (χ1) is 25.2. The third-order valence-electron chi connectivity index (χ3n) is 10.2. The molecule has 9 nitrogen and oxygen atoms in total. The first-order valence-electron chi connectivity index (χ1n) is 17.9. The highest BCUT2D eigenvalue weighted by Gasteiger charge is 2.64. The van der Waals surface area contributed by atoms with Gasteiger partial charge in [-0.2, -0.15) is 10.1 Å². The van der Waals surface area contributed by atoms with Crippen LogP contribution < -0.4 is 9.47 Å². The quantitative estimate of drug-likeness (QED) is 0.0465. The second-order valence-corrected chi connectivity index (χ2v) is 15.0. The van der Waals surface area contributed by atoms with Crippen LogP contribution in [0.15, 0.2) is 109 Å². The number of quaternary nitrogens is 1. The van der Waals surface area contributed by atoms with Crippen molar-refractivity contribution in [2.45, 2.75) is 75.7 Å². The second-order valence-electron chi connectivity index (χ2n) is 13.9. The maximum Gasteiger partial charge on any atom is 0.273 e. The average Bonchev–Trinajstić information content (AvgIpc) is 3.69. The molecule has 0 spiro atoms. The summed E-state index contributed by atoms with van der Waals surface area (Å²) < 4.78 is 39.5. The minimum absolute atomic E-state index is 0.0749. The van der Waals surface area contributed by atoms with Gasteiger partial charge in [0.15, 0.2) is 0 Å². The zero-order chi connectivity index (χ0) is 36.8. The van der Waals surface area contributed by atoms with E-state index in [2.05, 4.69) is 82.3 Å². The Bertz CT molecular complexity index is 1710. The highest BCUT2D eigenvalue weighted by atomic mass is 31.1. The van der Waals surface area contributed by atoms with Gasteiger partial charge in [-0.15, -0.1) is 4.42 Å². The molecule has 2 unspecified atom stereocenters. The fourth-order valence-corrected chi connectivity index (χ4v) is 8.62. The molecule has 0 radical (unpaired) electrons. The van der Waals surface area contributed by atoms with E-state index in [1.54, 1.807) is 14.2 Å². The first kappa shape index (κ1) is 37.9. The molecule has 10 heteroatoms. The van der Waals surface area contributed by atoms with Crippen LogP contribution in [0.4, 0.5) is 0 Å². The largest absolute Gasteiger partial charge is 0.497 e. The van der Waals surface area contributed by atoms with Crippen molar-refractivity contribution in [3.63, 3.8) is 0 Å². The molecule has 0 saturated carbocycles. The molecule has 0 aliphatic carbocycles. The van der Waals surface area contributed by atoms with Crippen molar-refractivity contribution in [1.29, 1.82) is 5.26 Å². The molecular weight excluding hydrogens is 675 g/mol. The predicted octanol–water partition coefficient (Wildman–Crippen LogP) is 8.29. The number of rotatable bonds is 17. The molecule has 0 aromatic heterocycles. The number of fused-ring (bicyclic) bond motifs is 2. The van der Waals surface area contributed by atoms with Gasteiger partial charge in [-0.3, -0.25) is 0 Å². The van der Waals surface area contributed by atoms with Crippen molar-refractivity contribution in [3.05, 3.63) is 131 Å². The lowest BCUT2D eigenvalue weighted by Gasteiger charge is -2.42. The van der Waals surface area contributed by atoms with Gasteiger partial charge in [-0.25, -0.2) is 0 Å². The molecule has 2 saturated heterocycles. The van der Waals surface area contributed by atoms with Crippen LogP contribution in [0, 0.1) is 11.3 Å². The summed E-state index contributed by atoms with van der Waals surface area (Å²) in [6.07, 6.45) is -0.896. The lowest BCUT2D eigenvalue weighted by atomic mass is 9.79. The minimum atomic E-state index is -1.05. The van der Waals surface area contributed by atoms with E-state index in [9.17, 15) is 5.26 Å². The normalized spacial score (nSPS) is 21.6. The van der Waals surface area contributed by atoms with Gasteiger partial charge in [-0.05, 0) is 74.2 Å². The molecule has 2 bridgehead atoms. The highest BCUT2D eigenvalue weighted by molar-refractivity contribution is 7.25. The number of hydroxylamine groups is 2. The molecular formula is C42H50N2O7P+. The summed E-state index contributed by atoms with van der Waals surface area (Å²) in [5.41, 5.74) is 1.82. The summed E-state index contributed by atoms with van der Waals surface area (Å²) in [6.45, 7) is 9.28. The summed E-state index contributed by atoms with van der Waals surface area (Å²) in [5.74, 6) is 1.50. The van der Waals surface area contributed by atoms with Crippen molar-refractivity contribution >= 4 is 8.96 Å². The molecule has 0 N–H and O–H groups in total. The highest BCUT2D eigenvalue weighted by Crippen LogP contribution is 2.54. The van der Waals surface area contributed by atoms with E-state index in [0.717, 1.165) is 33.8 Å². The molecule has 4 aromatic carbocycles. The van der Waals surface area contributed by atoms with Crippen molar-refractivity contribution in [1.82, 2.24) is 0 Å². The number of nitrogens with zero attached hydrogens (tertiary/aromatic N) is 2. The SMILES string of the molecule is COc1ccc(C(OCC23CO[C@@H]([C@H](c4ccccc4)O2)[C@@H]3OP[N+](OCCC#N)(C(C)C)C(C)C)(c2ccccc2)c2ccc(OC)cc2)cc1. The maximum atomic E-state index is 9.29. The molecule has 2 heterocycles. The van der Waals surface area contributed by atoms with Crippen LogP contribution in [0.3, 0.4) is 0 Å². The standard InChI is InChI=1S/C42H50N2O7P/c1-30(2)44(31(3)4,49-27-13-26-43)52-51-40-39-38(32-14-9-7-10-15-32)50-41(40,28-47-39)29-48-42(33-16-11-8-12-17-33,34-18-22-36(45-5)23-19-34)35-20-24-37(46-6)25-21-35/h7-12,14-25,30-31,38-40,52H,13,27-29H2,1-6H3/q+1/t38-,39-,40-,41?/m0/s1. The van der Waals surface area contributed by atoms with Gasteiger partial charge >= 0.3 is 0 Å². The van der Waals surface area contributed by atoms with Crippen molar-refractivity contribution in [2.75, 3.05) is 34.0 Å². The van der Waals surface area contributed by atoms with E-state index < -0.39 is 17.3 Å². The smallest absolute Gasteiger partial charge is 0.273 e. The number of hydrogen-bond acceptors (Lipinski definition) is 8. The summed E-state index contributed by atoms with van der Waals surface area (Å²) in [5, 5.41) is 9.29. The van der Waals surface area contributed by atoms with E-state index in [4.69, 9.17) is 33.0 Å². The third-order valence-corrected chi connectivity index (χ3v) is 12.0. The van der Waals surface area contributed by atoms with E-state index in [-0.39, 0.29) is 44.3 Å². The molecule has 52 heavy (non-hydrogen) atoms. The second kappa shape index (κ2) is 16.4. The number of nitriles is 1. The Hall–Kier alpha value is -3.84. The molecule has 4 aromatic rings. The average molecular weight is 726 g/mol. The van der Waals surface area contributed by atoms with E-state index >= 15 is 0 Å². The molecule has 274 valence electrons. The molecule has 2 aliphatic heterocycles. The number of hydrogen-bond donors (Lipinski definition) is 0. The van der Waals surface area contributed by atoms with Crippen LogP contribution in [-0.2, 0) is 29.2 Å². The Morgan fingerprint density at radius 3 is 1.87 bits per heavy atom. The summed E-state index contributed by atoms with van der Waals surface area (Å²) >= 11 is 0. The monoisotopic (exact) mass is 725 g/mol. The Balaban J connectivity index is 1.43. The Kier molecular flexibility index (Phi) is 12.0. The Labute approximate surface area is 309 Å². The topological polar surface area (TPSA) is 88.4 Å². The fraction of sp³-hybridized carbons (Fsp3) is 0.405. The summed E-state index contributed by atoms with van der Waals surface area (Å²) in [6, 6.07) is 38.8. The van der Waals surface area contributed by atoms with Crippen molar-refractivity contribution < 1.29 is 37.5 Å².